The molecule has 142 valence electrons. The average molecular weight is 390 g/mol. The monoisotopic (exact) mass is 390 g/mol. The number of benzene rings is 1. The van der Waals surface area contributed by atoms with Gasteiger partial charge < -0.3 is 14.2 Å². The van der Waals surface area contributed by atoms with Gasteiger partial charge in [-0.05, 0) is 36.0 Å². The van der Waals surface area contributed by atoms with Gasteiger partial charge >= 0.3 is 5.97 Å². The standard InChI is InChI=1S/C18H18N2O6S/c1-4-7-20-17(23)12(16(22)19-18(20)27)8-11-5-6-13(14(9-11)24-2)26-10-15(21)25-3/h4-6,8-9H,1,7,10H2,2-3H3,(H,19,22,27)/b12-8+. The minimum Gasteiger partial charge on any atom is -0.493 e. The fourth-order valence-corrected chi connectivity index (χ4v) is 2.49. The van der Waals surface area contributed by atoms with Crippen molar-refractivity contribution in [3.05, 3.63) is 42.0 Å². The van der Waals surface area contributed by atoms with Crippen molar-refractivity contribution in [3.8, 4) is 11.5 Å². The molecule has 2 rings (SSSR count). The predicted molar refractivity (Wildman–Crippen MR) is 101 cm³/mol. The van der Waals surface area contributed by atoms with Crippen LogP contribution in [-0.4, -0.2) is 55.2 Å². The Morgan fingerprint density at radius 2 is 2.04 bits per heavy atom. The van der Waals surface area contributed by atoms with Crippen molar-refractivity contribution in [2.24, 2.45) is 0 Å². The Hall–Kier alpha value is -3.20. The Kier molecular flexibility index (Phi) is 6.67. The maximum atomic E-state index is 12.5. The number of rotatable bonds is 7. The Bertz CT molecular complexity index is 833. The number of carbonyl (C=O) groups is 3. The number of thiocarbonyl (C=S) groups is 1. The normalized spacial score (nSPS) is 15.4. The van der Waals surface area contributed by atoms with Crippen LogP contribution in [-0.2, 0) is 19.1 Å². The number of esters is 1. The molecule has 9 heteroatoms. The first kappa shape index (κ1) is 20.1. The molecule has 1 saturated heterocycles. The number of carbonyl (C=O) groups excluding carboxylic acids is 3. The Morgan fingerprint density at radius 3 is 2.67 bits per heavy atom. The first-order valence-electron chi connectivity index (χ1n) is 7.78. The van der Waals surface area contributed by atoms with Gasteiger partial charge in [0, 0.05) is 6.54 Å². The SMILES string of the molecule is C=CCN1C(=O)/C(=C/c2ccc(OCC(=O)OC)c(OC)c2)C(=O)NC1=S. The molecule has 8 nitrogen and oxygen atoms in total. The Balaban J connectivity index is 2.30. The van der Waals surface area contributed by atoms with Crippen LogP contribution in [0, 0.1) is 0 Å². The highest BCUT2D eigenvalue weighted by Crippen LogP contribution is 2.29. The van der Waals surface area contributed by atoms with Gasteiger partial charge in [0.2, 0.25) is 0 Å². The van der Waals surface area contributed by atoms with E-state index in [1.54, 1.807) is 18.2 Å². The number of hydrogen-bond donors (Lipinski definition) is 1. The van der Waals surface area contributed by atoms with Gasteiger partial charge in [0.15, 0.2) is 23.2 Å². The van der Waals surface area contributed by atoms with E-state index in [-0.39, 0.29) is 23.8 Å². The minimum atomic E-state index is -0.588. The fraction of sp³-hybridized carbons (Fsp3) is 0.222. The van der Waals surface area contributed by atoms with Gasteiger partial charge in [-0.1, -0.05) is 12.1 Å². The van der Waals surface area contributed by atoms with Crippen LogP contribution in [0.15, 0.2) is 36.4 Å². The van der Waals surface area contributed by atoms with Crippen LogP contribution in [0.5, 0.6) is 11.5 Å². The van der Waals surface area contributed by atoms with E-state index in [2.05, 4.69) is 16.6 Å². The molecule has 0 bridgehead atoms. The summed E-state index contributed by atoms with van der Waals surface area (Å²) in [7, 11) is 2.69. The van der Waals surface area contributed by atoms with Crippen molar-refractivity contribution in [1.29, 1.82) is 0 Å². The molecule has 0 radical (unpaired) electrons. The zero-order chi connectivity index (χ0) is 20.0. The number of ether oxygens (including phenoxy) is 3. The number of amides is 2. The first-order chi connectivity index (χ1) is 12.9. The summed E-state index contributed by atoms with van der Waals surface area (Å²) in [6.07, 6.45) is 2.93. The van der Waals surface area contributed by atoms with Gasteiger partial charge in [0.1, 0.15) is 5.57 Å². The van der Waals surface area contributed by atoms with Crippen LogP contribution < -0.4 is 14.8 Å². The number of hydrogen-bond acceptors (Lipinski definition) is 7. The van der Waals surface area contributed by atoms with Gasteiger partial charge in [-0.25, -0.2) is 4.79 Å². The maximum absolute atomic E-state index is 12.5. The van der Waals surface area contributed by atoms with E-state index < -0.39 is 17.8 Å². The summed E-state index contributed by atoms with van der Waals surface area (Å²) in [5.41, 5.74) is 0.456. The highest BCUT2D eigenvalue weighted by atomic mass is 32.1. The van der Waals surface area contributed by atoms with Gasteiger partial charge in [-0.3, -0.25) is 19.8 Å². The van der Waals surface area contributed by atoms with Crippen molar-refractivity contribution in [2.45, 2.75) is 0 Å². The minimum absolute atomic E-state index is 0.0335. The molecule has 0 aliphatic carbocycles. The van der Waals surface area contributed by atoms with Crippen LogP contribution in [0.25, 0.3) is 6.08 Å². The molecule has 1 aliphatic rings. The quantitative estimate of drug-likeness (QED) is 0.245. The van der Waals surface area contributed by atoms with E-state index in [1.807, 2.05) is 0 Å². The summed E-state index contributed by atoms with van der Waals surface area (Å²) in [6.45, 7) is 3.47. The second-order valence-electron chi connectivity index (χ2n) is 5.30. The molecule has 0 unspecified atom stereocenters. The largest absolute Gasteiger partial charge is 0.493 e. The Morgan fingerprint density at radius 1 is 1.30 bits per heavy atom. The fourth-order valence-electron chi connectivity index (χ4n) is 2.24. The molecular formula is C18H18N2O6S. The van der Waals surface area contributed by atoms with Gasteiger partial charge in [0.05, 0.1) is 14.2 Å². The van der Waals surface area contributed by atoms with Crippen LogP contribution in [0.1, 0.15) is 5.56 Å². The molecule has 0 aromatic heterocycles. The van der Waals surface area contributed by atoms with Crippen LogP contribution in [0.3, 0.4) is 0 Å². The lowest BCUT2D eigenvalue weighted by atomic mass is 10.1. The zero-order valence-corrected chi connectivity index (χ0v) is 15.6. The van der Waals surface area contributed by atoms with E-state index in [4.69, 9.17) is 21.7 Å². The molecule has 1 aliphatic heterocycles. The lowest BCUT2D eigenvalue weighted by Crippen LogP contribution is -2.53. The van der Waals surface area contributed by atoms with Crippen LogP contribution >= 0.6 is 12.2 Å². The molecule has 1 heterocycles. The van der Waals surface area contributed by atoms with Crippen molar-refractivity contribution >= 4 is 41.2 Å². The highest BCUT2D eigenvalue weighted by Gasteiger charge is 2.32. The van der Waals surface area contributed by atoms with Crippen LogP contribution in [0.4, 0.5) is 0 Å². The third-order valence-corrected chi connectivity index (χ3v) is 3.89. The molecule has 2 amide bonds. The van der Waals surface area contributed by atoms with Gasteiger partial charge in [0.25, 0.3) is 11.8 Å². The lowest BCUT2D eigenvalue weighted by Gasteiger charge is -2.27. The number of nitrogens with zero attached hydrogens (tertiary/aromatic N) is 1. The second-order valence-corrected chi connectivity index (χ2v) is 5.68. The van der Waals surface area contributed by atoms with E-state index in [1.165, 1.54) is 31.3 Å². The third kappa shape index (κ3) is 4.70. The smallest absolute Gasteiger partial charge is 0.343 e. The molecule has 0 spiro atoms. The molecule has 1 fully saturated rings. The highest BCUT2D eigenvalue weighted by molar-refractivity contribution is 7.80. The number of methoxy groups -OCH3 is 2. The van der Waals surface area contributed by atoms with E-state index in [9.17, 15) is 14.4 Å². The Labute approximate surface area is 161 Å². The molecule has 0 saturated carbocycles. The van der Waals surface area contributed by atoms with Crippen molar-refractivity contribution in [1.82, 2.24) is 10.2 Å². The first-order valence-corrected chi connectivity index (χ1v) is 8.19. The summed E-state index contributed by atoms with van der Waals surface area (Å²) in [5, 5.41) is 2.50. The lowest BCUT2D eigenvalue weighted by molar-refractivity contribution is -0.143. The van der Waals surface area contributed by atoms with E-state index in [0.717, 1.165) is 0 Å². The molecule has 1 aromatic rings. The predicted octanol–water partition coefficient (Wildman–Crippen LogP) is 1.06. The maximum Gasteiger partial charge on any atom is 0.343 e. The molecule has 27 heavy (non-hydrogen) atoms. The summed E-state index contributed by atoms with van der Waals surface area (Å²) < 4.78 is 15.1. The summed E-state index contributed by atoms with van der Waals surface area (Å²) in [6, 6.07) is 4.75. The van der Waals surface area contributed by atoms with Gasteiger partial charge in [-0.2, -0.15) is 0 Å². The van der Waals surface area contributed by atoms with Crippen molar-refractivity contribution in [2.75, 3.05) is 27.4 Å². The second kappa shape index (κ2) is 8.95. The topological polar surface area (TPSA) is 94.2 Å². The zero-order valence-electron chi connectivity index (χ0n) is 14.8. The molecular weight excluding hydrogens is 372 g/mol. The summed E-state index contributed by atoms with van der Waals surface area (Å²) >= 11 is 5.00. The van der Waals surface area contributed by atoms with E-state index >= 15 is 0 Å². The average Bonchev–Trinajstić information content (AvgIpc) is 2.66. The van der Waals surface area contributed by atoms with Crippen molar-refractivity contribution < 1.29 is 28.6 Å². The third-order valence-electron chi connectivity index (χ3n) is 3.57. The number of nitrogens with one attached hydrogen (secondary N) is 1. The summed E-state index contributed by atoms with van der Waals surface area (Å²) in [5.74, 6) is -0.996. The molecule has 1 N–H and O–H groups in total. The molecule has 1 aromatic carbocycles. The van der Waals surface area contributed by atoms with Crippen molar-refractivity contribution in [3.63, 3.8) is 0 Å². The summed E-state index contributed by atoms with van der Waals surface area (Å²) in [4.78, 5) is 37.1. The molecule has 0 atom stereocenters. The van der Waals surface area contributed by atoms with Crippen LogP contribution in [0.2, 0.25) is 0 Å². The van der Waals surface area contributed by atoms with Gasteiger partial charge in [-0.15, -0.1) is 6.58 Å². The van der Waals surface area contributed by atoms with E-state index in [0.29, 0.717) is 17.1 Å².